The van der Waals surface area contributed by atoms with Crippen molar-refractivity contribution in [3.05, 3.63) is 108 Å². The van der Waals surface area contributed by atoms with Crippen LogP contribution in [0.25, 0.3) is 22.2 Å². The first-order chi connectivity index (χ1) is 19.0. The molecule has 0 saturated carbocycles. The zero-order valence-corrected chi connectivity index (χ0v) is 21.5. The number of hydrogen-bond acceptors (Lipinski definition) is 5. The summed E-state index contributed by atoms with van der Waals surface area (Å²) in [6.45, 7) is 2.40. The minimum Gasteiger partial charge on any atom is -0.382 e. The molecule has 4 aromatic heterocycles. The Morgan fingerprint density at radius 1 is 1.05 bits per heavy atom. The predicted molar refractivity (Wildman–Crippen MR) is 151 cm³/mol. The first-order valence-corrected chi connectivity index (χ1v) is 12.6. The minimum absolute atomic E-state index is 0.122. The standard InChI is InChI=1S/C30H26N8O/c1-20(17-32-30(39)26-25-13-6-7-16-37(25)35-28(26)31)29-34-24-12-8-9-22(15-14-21-18-33-36(2)19-21)27(24)38(29)23-10-4-3-5-11-23/h3-13,16,18-20H,17H2,1-2H3,(H2,31,35)(H,32,39). The van der Waals surface area contributed by atoms with Gasteiger partial charge in [0.15, 0.2) is 5.82 Å². The second kappa shape index (κ2) is 9.84. The van der Waals surface area contributed by atoms with E-state index in [1.807, 2.05) is 86.9 Å². The number of imidazole rings is 1. The van der Waals surface area contributed by atoms with E-state index in [4.69, 9.17) is 10.7 Å². The smallest absolute Gasteiger partial charge is 0.257 e. The van der Waals surface area contributed by atoms with Gasteiger partial charge in [-0.2, -0.15) is 5.10 Å². The summed E-state index contributed by atoms with van der Waals surface area (Å²) >= 11 is 0. The number of fused-ring (bicyclic) bond motifs is 2. The first kappa shape index (κ1) is 24.0. The lowest BCUT2D eigenvalue weighted by molar-refractivity contribution is 0.0954. The number of pyridine rings is 1. The molecule has 6 aromatic rings. The Morgan fingerprint density at radius 2 is 1.87 bits per heavy atom. The van der Waals surface area contributed by atoms with Crippen molar-refractivity contribution >= 4 is 28.3 Å². The number of aromatic nitrogens is 6. The molecule has 4 heterocycles. The predicted octanol–water partition coefficient (Wildman–Crippen LogP) is 3.92. The number of anilines is 1. The third-order valence-corrected chi connectivity index (χ3v) is 6.57. The number of rotatable bonds is 5. The normalized spacial score (nSPS) is 11.8. The van der Waals surface area contributed by atoms with Gasteiger partial charge in [-0.1, -0.05) is 49.1 Å². The number of benzene rings is 2. The maximum atomic E-state index is 13.2. The van der Waals surface area contributed by atoms with Gasteiger partial charge in [0.2, 0.25) is 0 Å². The zero-order valence-electron chi connectivity index (χ0n) is 21.5. The van der Waals surface area contributed by atoms with Crippen molar-refractivity contribution in [1.29, 1.82) is 0 Å². The van der Waals surface area contributed by atoms with Gasteiger partial charge in [-0.3, -0.25) is 14.0 Å². The molecule has 0 spiro atoms. The summed E-state index contributed by atoms with van der Waals surface area (Å²) in [4.78, 5) is 18.2. The minimum atomic E-state index is -0.272. The van der Waals surface area contributed by atoms with Crippen LogP contribution in [0, 0.1) is 11.8 Å². The van der Waals surface area contributed by atoms with Gasteiger partial charge in [0.05, 0.1) is 33.9 Å². The molecular weight excluding hydrogens is 488 g/mol. The molecule has 0 radical (unpaired) electrons. The molecule has 1 amide bonds. The van der Waals surface area contributed by atoms with Crippen molar-refractivity contribution in [3.8, 4) is 17.5 Å². The molecule has 3 N–H and O–H groups in total. The highest BCUT2D eigenvalue weighted by molar-refractivity contribution is 6.05. The van der Waals surface area contributed by atoms with E-state index in [0.717, 1.165) is 33.7 Å². The van der Waals surface area contributed by atoms with Gasteiger partial charge in [-0.05, 0) is 36.4 Å². The molecule has 0 bridgehead atoms. The fourth-order valence-corrected chi connectivity index (χ4v) is 4.71. The second-order valence-electron chi connectivity index (χ2n) is 9.37. The van der Waals surface area contributed by atoms with Crippen molar-refractivity contribution in [2.24, 2.45) is 7.05 Å². The second-order valence-corrected chi connectivity index (χ2v) is 9.37. The third kappa shape index (κ3) is 4.49. The van der Waals surface area contributed by atoms with Crippen LogP contribution in [0.1, 0.15) is 40.2 Å². The molecule has 6 rings (SSSR count). The van der Waals surface area contributed by atoms with Crippen LogP contribution >= 0.6 is 0 Å². The summed E-state index contributed by atoms with van der Waals surface area (Å²) in [7, 11) is 1.87. The summed E-state index contributed by atoms with van der Waals surface area (Å²) in [5.41, 5.74) is 11.5. The maximum absolute atomic E-state index is 13.2. The van der Waals surface area contributed by atoms with Gasteiger partial charge in [-0.15, -0.1) is 5.10 Å². The number of hydrogen-bond donors (Lipinski definition) is 2. The van der Waals surface area contributed by atoms with Crippen molar-refractivity contribution in [1.82, 2.24) is 34.3 Å². The lowest BCUT2D eigenvalue weighted by Crippen LogP contribution is -2.29. The number of carbonyl (C=O) groups excluding carboxylic acids is 1. The summed E-state index contributed by atoms with van der Waals surface area (Å²) in [5, 5.41) is 11.5. The van der Waals surface area contributed by atoms with E-state index >= 15 is 0 Å². The van der Waals surface area contributed by atoms with Gasteiger partial charge in [0.1, 0.15) is 11.4 Å². The third-order valence-electron chi connectivity index (χ3n) is 6.57. The van der Waals surface area contributed by atoms with E-state index in [1.54, 1.807) is 21.6 Å². The number of amides is 1. The molecule has 0 aliphatic rings. The molecule has 2 aromatic carbocycles. The summed E-state index contributed by atoms with van der Waals surface area (Å²) in [6.07, 6.45) is 5.39. The van der Waals surface area contributed by atoms with E-state index in [1.165, 1.54) is 0 Å². The van der Waals surface area contributed by atoms with E-state index in [2.05, 4.69) is 31.9 Å². The largest absolute Gasteiger partial charge is 0.382 e. The summed E-state index contributed by atoms with van der Waals surface area (Å²) in [6, 6.07) is 21.5. The van der Waals surface area contributed by atoms with E-state index in [9.17, 15) is 4.79 Å². The van der Waals surface area contributed by atoms with Gasteiger partial charge >= 0.3 is 0 Å². The van der Waals surface area contributed by atoms with E-state index in [0.29, 0.717) is 17.6 Å². The van der Waals surface area contributed by atoms with Crippen LogP contribution in [-0.4, -0.2) is 41.4 Å². The molecule has 0 saturated heterocycles. The van der Waals surface area contributed by atoms with Crippen molar-refractivity contribution in [2.75, 3.05) is 12.3 Å². The Balaban J connectivity index is 1.37. The average Bonchev–Trinajstić information content (AvgIpc) is 3.65. The van der Waals surface area contributed by atoms with Crippen molar-refractivity contribution < 1.29 is 4.79 Å². The van der Waals surface area contributed by atoms with Crippen LogP contribution in [0.15, 0.2) is 85.3 Å². The Morgan fingerprint density at radius 3 is 2.67 bits per heavy atom. The van der Waals surface area contributed by atoms with Crippen LogP contribution in [0.3, 0.4) is 0 Å². The highest BCUT2D eigenvalue weighted by Crippen LogP contribution is 2.28. The molecule has 1 atom stereocenters. The SMILES string of the molecule is CC(CNC(=O)c1c(N)nn2ccccc12)c1nc2cccc(C#Cc3cnn(C)c3)c2n1-c1ccccc1. The molecule has 1 unspecified atom stereocenters. The molecule has 192 valence electrons. The quantitative estimate of drug-likeness (QED) is 0.339. The number of para-hydroxylation sites is 2. The highest BCUT2D eigenvalue weighted by atomic mass is 16.1. The molecule has 0 fully saturated rings. The monoisotopic (exact) mass is 514 g/mol. The van der Waals surface area contributed by atoms with Crippen LogP contribution in [0.5, 0.6) is 0 Å². The Kier molecular flexibility index (Phi) is 6.05. The maximum Gasteiger partial charge on any atom is 0.257 e. The van der Waals surface area contributed by atoms with E-state index in [-0.39, 0.29) is 17.6 Å². The highest BCUT2D eigenvalue weighted by Gasteiger charge is 2.22. The fraction of sp³-hybridized carbons (Fsp3) is 0.133. The van der Waals surface area contributed by atoms with Gasteiger partial charge in [0, 0.05) is 37.6 Å². The summed E-state index contributed by atoms with van der Waals surface area (Å²) in [5.74, 6) is 7.15. The number of nitrogens with two attached hydrogens (primary N) is 1. The fourth-order valence-electron chi connectivity index (χ4n) is 4.71. The Labute approximate surface area is 224 Å². The van der Waals surface area contributed by atoms with Crippen LogP contribution in [0.4, 0.5) is 5.82 Å². The zero-order chi connectivity index (χ0) is 26.9. The lowest BCUT2D eigenvalue weighted by Gasteiger charge is -2.16. The number of carbonyl (C=O) groups is 1. The number of nitrogens with zero attached hydrogens (tertiary/aromatic N) is 6. The van der Waals surface area contributed by atoms with E-state index < -0.39 is 0 Å². The number of nitrogens with one attached hydrogen (secondary N) is 1. The molecule has 0 aliphatic heterocycles. The Bertz CT molecular complexity index is 1880. The first-order valence-electron chi connectivity index (χ1n) is 12.6. The Hall–Kier alpha value is -5.36. The molecule has 9 heteroatoms. The number of aryl methyl sites for hydroxylation is 1. The van der Waals surface area contributed by atoms with Crippen LogP contribution in [0.2, 0.25) is 0 Å². The van der Waals surface area contributed by atoms with Gasteiger partial charge in [-0.25, -0.2) is 9.50 Å². The lowest BCUT2D eigenvalue weighted by atomic mass is 10.1. The van der Waals surface area contributed by atoms with Crippen LogP contribution in [-0.2, 0) is 7.05 Å². The molecule has 0 aliphatic carbocycles. The molecular formula is C30H26N8O. The van der Waals surface area contributed by atoms with Crippen molar-refractivity contribution in [2.45, 2.75) is 12.8 Å². The topological polar surface area (TPSA) is 108 Å². The average molecular weight is 515 g/mol. The van der Waals surface area contributed by atoms with Crippen LogP contribution < -0.4 is 11.1 Å². The number of nitrogen functional groups attached to an aromatic ring is 1. The summed E-state index contributed by atoms with van der Waals surface area (Å²) < 4.78 is 5.47. The van der Waals surface area contributed by atoms with Gasteiger partial charge in [0.25, 0.3) is 5.91 Å². The molecule has 9 nitrogen and oxygen atoms in total. The molecule has 39 heavy (non-hydrogen) atoms. The van der Waals surface area contributed by atoms with Gasteiger partial charge < -0.3 is 11.1 Å². The van der Waals surface area contributed by atoms with Crippen molar-refractivity contribution in [3.63, 3.8) is 0 Å².